The fourth-order valence-corrected chi connectivity index (χ4v) is 7.72. The molecule has 5 aromatic rings. The average Bonchev–Trinajstić information content (AvgIpc) is 3.60. The van der Waals surface area contributed by atoms with Gasteiger partial charge in [0, 0.05) is 52.7 Å². The Hall–Kier alpha value is -2.87. The number of anilines is 1. The van der Waals surface area contributed by atoms with Crippen LogP contribution >= 0.6 is 23.1 Å². The third-order valence-electron chi connectivity index (χ3n) is 7.68. The second-order valence-corrected chi connectivity index (χ2v) is 11.5. The Morgan fingerprint density at radius 1 is 1.00 bits per heavy atom. The van der Waals surface area contributed by atoms with Crippen molar-refractivity contribution >= 4 is 44.8 Å². The highest BCUT2D eigenvalue weighted by Crippen LogP contribution is 2.51. The number of aromatic nitrogens is 3. The van der Waals surface area contributed by atoms with Gasteiger partial charge in [-0.05, 0) is 59.4 Å². The average molecular weight is 484 g/mol. The smallest absolute Gasteiger partial charge is 0.211 e. The van der Waals surface area contributed by atoms with E-state index >= 15 is 0 Å². The Labute approximate surface area is 206 Å². The highest BCUT2D eigenvalue weighted by Gasteiger charge is 2.46. The van der Waals surface area contributed by atoms with Gasteiger partial charge >= 0.3 is 0 Å². The topological polar surface area (TPSA) is 59.5 Å². The lowest BCUT2D eigenvalue weighted by Gasteiger charge is -2.42. The summed E-state index contributed by atoms with van der Waals surface area (Å²) in [6.45, 7) is 1.92. The lowest BCUT2D eigenvalue weighted by molar-refractivity contribution is 0.186. The molecule has 1 saturated heterocycles. The van der Waals surface area contributed by atoms with Gasteiger partial charge in [0.2, 0.25) is 5.95 Å². The van der Waals surface area contributed by atoms with Crippen LogP contribution in [0.4, 0.5) is 5.95 Å². The second-order valence-electron chi connectivity index (χ2n) is 9.44. The van der Waals surface area contributed by atoms with Gasteiger partial charge in [-0.3, -0.25) is 4.40 Å². The van der Waals surface area contributed by atoms with Gasteiger partial charge in [0.1, 0.15) is 0 Å². The van der Waals surface area contributed by atoms with Crippen LogP contribution in [0.15, 0.2) is 82.3 Å². The number of hydrogen-bond donors (Lipinski definition) is 1. The van der Waals surface area contributed by atoms with Crippen LogP contribution in [-0.2, 0) is 6.42 Å². The van der Waals surface area contributed by atoms with Gasteiger partial charge in [0.25, 0.3) is 0 Å². The molecule has 0 saturated carbocycles. The van der Waals surface area contributed by atoms with E-state index in [9.17, 15) is 0 Å². The van der Waals surface area contributed by atoms with Gasteiger partial charge < -0.3 is 10.6 Å². The van der Waals surface area contributed by atoms with Crippen LogP contribution in [0.5, 0.6) is 0 Å². The molecule has 7 heteroatoms. The van der Waals surface area contributed by atoms with Crippen LogP contribution in [0.2, 0.25) is 0 Å². The first-order valence-electron chi connectivity index (χ1n) is 11.8. The predicted octanol–water partition coefficient (Wildman–Crippen LogP) is 5.94. The van der Waals surface area contributed by atoms with Crippen LogP contribution in [-0.4, -0.2) is 27.5 Å². The Kier molecular flexibility index (Phi) is 4.72. The molecule has 5 nitrogen and oxygen atoms in total. The normalized spacial score (nSPS) is 19.3. The fourth-order valence-electron chi connectivity index (χ4n) is 5.82. The molecule has 170 valence electrons. The Balaban J connectivity index is 1.16. The number of rotatable bonds is 3. The fraction of sp³-hybridized carbons (Fsp3) is 0.259. The number of imidazole rings is 1. The van der Waals surface area contributed by atoms with Crippen molar-refractivity contribution in [2.24, 2.45) is 11.1 Å². The van der Waals surface area contributed by atoms with Crippen molar-refractivity contribution in [3.63, 3.8) is 0 Å². The lowest BCUT2D eigenvalue weighted by Crippen LogP contribution is -2.45. The van der Waals surface area contributed by atoms with Gasteiger partial charge in [-0.2, -0.15) is 0 Å². The molecular weight excluding hydrogens is 458 g/mol. The highest BCUT2D eigenvalue weighted by atomic mass is 32.2. The molecule has 0 radical (unpaired) electrons. The molecule has 1 atom stereocenters. The first-order chi connectivity index (χ1) is 16.7. The van der Waals surface area contributed by atoms with E-state index in [-0.39, 0.29) is 11.5 Å². The highest BCUT2D eigenvalue weighted by molar-refractivity contribution is 7.99. The standard InChI is InChI=1S/C27H25N5S2/c28-24-19-5-2-1-4-18(19)16-27(24)9-12-31(13-10-27)26-30-17-23(25-29-11-14-32(25)26)34-22-7-3-6-21-20(22)8-15-33-21/h1-8,11,14-15,17,24H,9-10,12-13,16,28H2/t24-/m1/s1. The summed E-state index contributed by atoms with van der Waals surface area (Å²) in [7, 11) is 0. The summed E-state index contributed by atoms with van der Waals surface area (Å²) in [5.74, 6) is 0.976. The van der Waals surface area contributed by atoms with Gasteiger partial charge in [0.15, 0.2) is 5.65 Å². The van der Waals surface area contributed by atoms with Gasteiger partial charge in [0.05, 0.1) is 4.90 Å². The van der Waals surface area contributed by atoms with Crippen molar-refractivity contribution in [2.45, 2.75) is 35.1 Å². The van der Waals surface area contributed by atoms with Crippen molar-refractivity contribution in [2.75, 3.05) is 18.0 Å². The number of fused-ring (bicyclic) bond motifs is 3. The van der Waals surface area contributed by atoms with E-state index in [4.69, 9.17) is 15.7 Å². The molecular formula is C27H25N5S2. The van der Waals surface area contributed by atoms with Crippen LogP contribution in [0.3, 0.4) is 0 Å². The Morgan fingerprint density at radius 3 is 2.76 bits per heavy atom. The molecule has 0 bridgehead atoms. The van der Waals surface area contributed by atoms with Crippen LogP contribution in [0.25, 0.3) is 15.7 Å². The van der Waals surface area contributed by atoms with E-state index in [1.165, 1.54) is 26.1 Å². The quantitative estimate of drug-likeness (QED) is 0.344. The second kappa shape index (κ2) is 7.83. The maximum Gasteiger partial charge on any atom is 0.211 e. The zero-order valence-corrected chi connectivity index (χ0v) is 20.4. The molecule has 0 amide bonds. The number of nitrogens with zero attached hydrogens (tertiary/aromatic N) is 4. The molecule has 2 aliphatic rings. The molecule has 2 N–H and O–H groups in total. The van der Waals surface area contributed by atoms with Crippen molar-refractivity contribution in [1.82, 2.24) is 14.4 Å². The number of nitrogens with two attached hydrogens (primary N) is 1. The van der Waals surface area contributed by atoms with E-state index in [2.05, 4.69) is 63.2 Å². The largest absolute Gasteiger partial charge is 0.342 e. The third kappa shape index (κ3) is 3.11. The molecule has 34 heavy (non-hydrogen) atoms. The first-order valence-corrected chi connectivity index (χ1v) is 13.5. The molecule has 1 aliphatic carbocycles. The molecule has 1 fully saturated rings. The van der Waals surface area contributed by atoms with Crippen LogP contribution in [0.1, 0.15) is 30.0 Å². The van der Waals surface area contributed by atoms with Crippen molar-refractivity contribution in [3.05, 3.63) is 83.6 Å². The zero-order valence-electron chi connectivity index (χ0n) is 18.7. The van der Waals surface area contributed by atoms with E-state index in [0.29, 0.717) is 0 Å². The maximum absolute atomic E-state index is 6.79. The molecule has 1 aliphatic heterocycles. The molecule has 7 rings (SSSR count). The number of benzene rings is 2. The number of hydrogen-bond acceptors (Lipinski definition) is 6. The van der Waals surface area contributed by atoms with Gasteiger partial charge in [-0.15, -0.1) is 11.3 Å². The summed E-state index contributed by atoms with van der Waals surface area (Å²) < 4.78 is 3.46. The lowest BCUT2D eigenvalue weighted by atomic mass is 9.73. The molecule has 1 spiro atoms. The van der Waals surface area contributed by atoms with Crippen LogP contribution < -0.4 is 10.6 Å². The van der Waals surface area contributed by atoms with Crippen molar-refractivity contribution in [3.8, 4) is 0 Å². The summed E-state index contributed by atoms with van der Waals surface area (Å²) in [4.78, 5) is 14.4. The maximum atomic E-state index is 6.79. The van der Waals surface area contributed by atoms with Crippen molar-refractivity contribution in [1.29, 1.82) is 0 Å². The summed E-state index contributed by atoms with van der Waals surface area (Å²) in [5, 5.41) is 3.44. The van der Waals surface area contributed by atoms with Gasteiger partial charge in [-0.25, -0.2) is 9.97 Å². The Bertz CT molecular complexity index is 1510. The summed E-state index contributed by atoms with van der Waals surface area (Å²) in [6, 6.07) is 17.5. The minimum atomic E-state index is 0.130. The molecule has 2 aromatic carbocycles. The Morgan fingerprint density at radius 2 is 1.88 bits per heavy atom. The minimum Gasteiger partial charge on any atom is -0.342 e. The van der Waals surface area contributed by atoms with Gasteiger partial charge in [-0.1, -0.05) is 42.1 Å². The van der Waals surface area contributed by atoms with Crippen LogP contribution in [0, 0.1) is 5.41 Å². The van der Waals surface area contributed by atoms with Crippen molar-refractivity contribution < 1.29 is 0 Å². The zero-order chi connectivity index (χ0) is 22.7. The van der Waals surface area contributed by atoms with E-state index in [1.54, 1.807) is 23.1 Å². The number of piperidine rings is 1. The first kappa shape index (κ1) is 20.5. The summed E-state index contributed by atoms with van der Waals surface area (Å²) >= 11 is 3.52. The minimum absolute atomic E-state index is 0.130. The SMILES string of the molecule is N[C@@H]1c2ccccc2CC12CCN(c1ncc(Sc3cccc4sccc34)c3nccn13)CC2. The van der Waals surface area contributed by atoms with E-state index < -0.39 is 0 Å². The monoisotopic (exact) mass is 483 g/mol. The molecule has 4 heterocycles. The molecule has 0 unspecified atom stereocenters. The predicted molar refractivity (Wildman–Crippen MR) is 140 cm³/mol. The number of thiophene rings is 1. The summed E-state index contributed by atoms with van der Waals surface area (Å²) in [5.41, 5.74) is 10.7. The summed E-state index contributed by atoms with van der Waals surface area (Å²) in [6.07, 6.45) is 9.17. The van der Waals surface area contributed by atoms with E-state index in [1.807, 2.05) is 18.6 Å². The molecule has 3 aromatic heterocycles. The van der Waals surface area contributed by atoms with E-state index in [0.717, 1.165) is 48.8 Å². The third-order valence-corrected chi connectivity index (χ3v) is 9.65.